The zero-order valence-electron chi connectivity index (χ0n) is 12.1. The van der Waals surface area contributed by atoms with Crippen molar-refractivity contribution in [2.45, 2.75) is 51.0 Å². The first-order valence-corrected chi connectivity index (χ1v) is 7.79. The first kappa shape index (κ1) is 16.5. The fourth-order valence-corrected chi connectivity index (χ4v) is 3.14. The molecule has 1 aromatic carbocycles. The molecular formula is C14H18F3NO2S. The normalized spacial score (nSPS) is 19.7. The number of halogens is 3. The SMILES string of the molecule is CC(C)(C)[S+]([O-])N[C@@H]1CCc2c1ccc(F)c2OC(F)F. The smallest absolute Gasteiger partial charge is 0.387 e. The van der Waals surface area contributed by atoms with Gasteiger partial charge in [-0.2, -0.15) is 8.78 Å². The van der Waals surface area contributed by atoms with Gasteiger partial charge < -0.3 is 9.29 Å². The van der Waals surface area contributed by atoms with E-state index in [1.807, 2.05) is 20.8 Å². The molecule has 0 aromatic heterocycles. The maximum atomic E-state index is 13.6. The van der Waals surface area contributed by atoms with E-state index in [9.17, 15) is 17.7 Å². The minimum atomic E-state index is -3.07. The first-order chi connectivity index (χ1) is 9.70. The maximum absolute atomic E-state index is 13.6. The summed E-state index contributed by atoms with van der Waals surface area (Å²) in [5.74, 6) is -1.19. The van der Waals surface area contributed by atoms with Crippen LogP contribution in [-0.2, 0) is 17.8 Å². The largest absolute Gasteiger partial charge is 0.598 e. The van der Waals surface area contributed by atoms with Crippen LogP contribution in [0.15, 0.2) is 12.1 Å². The predicted molar refractivity (Wildman–Crippen MR) is 75.1 cm³/mol. The lowest BCUT2D eigenvalue weighted by atomic mass is 10.1. The van der Waals surface area contributed by atoms with E-state index in [0.29, 0.717) is 24.0 Å². The summed E-state index contributed by atoms with van der Waals surface area (Å²) in [5, 5.41) is 0. The van der Waals surface area contributed by atoms with Crippen LogP contribution in [0.4, 0.5) is 13.2 Å². The van der Waals surface area contributed by atoms with Crippen LogP contribution in [-0.4, -0.2) is 15.9 Å². The van der Waals surface area contributed by atoms with Crippen molar-refractivity contribution in [2.24, 2.45) is 0 Å². The second-order valence-corrected chi connectivity index (χ2v) is 7.91. The van der Waals surface area contributed by atoms with E-state index in [1.54, 1.807) is 0 Å². The molecule has 0 saturated heterocycles. The molecule has 0 spiro atoms. The van der Waals surface area contributed by atoms with Gasteiger partial charge in [0.1, 0.15) is 4.75 Å². The molecule has 1 unspecified atom stereocenters. The Kier molecular flexibility index (Phi) is 4.75. The quantitative estimate of drug-likeness (QED) is 0.864. The molecule has 1 aliphatic carbocycles. The standard InChI is InChI=1S/C14H18F3NO2S/c1-14(2,3)21(19)18-11-7-5-9-8(11)4-6-10(15)12(9)20-13(16)17/h4,6,11,13,18H,5,7H2,1-3H3/t11-,21?/m1/s1. The van der Waals surface area contributed by atoms with Gasteiger partial charge in [-0.25, -0.2) is 4.39 Å². The Morgan fingerprint density at radius 2 is 2.05 bits per heavy atom. The molecule has 0 saturated carbocycles. The van der Waals surface area contributed by atoms with Crippen LogP contribution in [0, 0.1) is 5.82 Å². The highest BCUT2D eigenvalue weighted by Gasteiger charge is 2.35. The van der Waals surface area contributed by atoms with Gasteiger partial charge in [0.05, 0.1) is 6.04 Å². The third kappa shape index (κ3) is 3.64. The van der Waals surface area contributed by atoms with E-state index in [-0.39, 0.29) is 6.04 Å². The zero-order valence-corrected chi connectivity index (χ0v) is 12.9. The fraction of sp³-hybridized carbons (Fsp3) is 0.571. The second-order valence-electron chi connectivity index (χ2n) is 5.91. The third-order valence-corrected chi connectivity index (χ3v) is 4.93. The molecule has 0 bridgehead atoms. The Balaban J connectivity index is 2.25. The van der Waals surface area contributed by atoms with Crippen LogP contribution >= 0.6 is 0 Å². The van der Waals surface area contributed by atoms with Crippen LogP contribution < -0.4 is 9.46 Å². The van der Waals surface area contributed by atoms with Gasteiger partial charge in [-0.1, -0.05) is 6.07 Å². The minimum absolute atomic E-state index is 0.249. The van der Waals surface area contributed by atoms with Crippen LogP contribution in [0.25, 0.3) is 0 Å². The first-order valence-electron chi connectivity index (χ1n) is 6.64. The number of hydrogen-bond donors (Lipinski definition) is 1. The molecule has 118 valence electrons. The van der Waals surface area contributed by atoms with E-state index >= 15 is 0 Å². The maximum Gasteiger partial charge on any atom is 0.387 e. The Morgan fingerprint density at radius 1 is 1.38 bits per heavy atom. The Labute approximate surface area is 125 Å². The summed E-state index contributed by atoms with van der Waals surface area (Å²) in [6.45, 7) is 2.44. The van der Waals surface area contributed by atoms with Gasteiger partial charge in [0.25, 0.3) is 0 Å². The van der Waals surface area contributed by atoms with E-state index in [2.05, 4.69) is 9.46 Å². The van der Waals surface area contributed by atoms with Crippen LogP contribution in [0.2, 0.25) is 0 Å². The molecule has 0 fully saturated rings. The topological polar surface area (TPSA) is 44.3 Å². The van der Waals surface area contributed by atoms with Crippen molar-refractivity contribution in [3.8, 4) is 5.75 Å². The number of hydrogen-bond acceptors (Lipinski definition) is 3. The molecule has 0 heterocycles. The lowest BCUT2D eigenvalue weighted by molar-refractivity contribution is -0.0527. The van der Waals surface area contributed by atoms with Crippen molar-refractivity contribution in [1.29, 1.82) is 0 Å². The Bertz CT molecular complexity index is 520. The number of rotatable bonds is 4. The molecular weight excluding hydrogens is 303 g/mol. The van der Waals surface area contributed by atoms with Gasteiger partial charge in [0, 0.05) is 16.9 Å². The lowest BCUT2D eigenvalue weighted by Gasteiger charge is -2.26. The summed E-state index contributed by atoms with van der Waals surface area (Å²) in [6.07, 6.45) is 0.981. The van der Waals surface area contributed by atoms with E-state index in [0.717, 1.165) is 6.07 Å². The molecule has 1 aliphatic rings. The summed E-state index contributed by atoms with van der Waals surface area (Å²) in [4.78, 5) is 0. The molecule has 21 heavy (non-hydrogen) atoms. The van der Waals surface area contributed by atoms with E-state index < -0.39 is 34.3 Å². The van der Waals surface area contributed by atoms with Crippen molar-refractivity contribution in [2.75, 3.05) is 0 Å². The molecule has 1 aromatic rings. The van der Waals surface area contributed by atoms with Crippen molar-refractivity contribution in [3.63, 3.8) is 0 Å². The highest BCUT2D eigenvalue weighted by Crippen LogP contribution is 2.40. The van der Waals surface area contributed by atoms with Crippen molar-refractivity contribution < 1.29 is 22.5 Å². The van der Waals surface area contributed by atoms with Crippen LogP contribution in [0.1, 0.15) is 44.4 Å². The Hall–Kier alpha value is -0.920. The van der Waals surface area contributed by atoms with Crippen molar-refractivity contribution >= 4 is 11.4 Å². The van der Waals surface area contributed by atoms with Gasteiger partial charge >= 0.3 is 6.61 Å². The monoisotopic (exact) mass is 321 g/mol. The van der Waals surface area contributed by atoms with Gasteiger partial charge in [-0.15, -0.1) is 4.72 Å². The molecule has 0 radical (unpaired) electrons. The molecule has 0 amide bonds. The van der Waals surface area contributed by atoms with Gasteiger partial charge in [0.2, 0.25) is 0 Å². The summed E-state index contributed by atoms with van der Waals surface area (Å²) in [5.41, 5.74) is 1.10. The highest BCUT2D eigenvalue weighted by molar-refractivity contribution is 7.90. The highest BCUT2D eigenvalue weighted by atomic mass is 32.2. The molecule has 1 N–H and O–H groups in total. The van der Waals surface area contributed by atoms with Gasteiger partial charge in [0.15, 0.2) is 11.6 Å². The lowest BCUT2D eigenvalue weighted by Crippen LogP contribution is -2.40. The average molecular weight is 321 g/mol. The van der Waals surface area contributed by atoms with Crippen molar-refractivity contribution in [3.05, 3.63) is 29.1 Å². The van der Waals surface area contributed by atoms with Crippen molar-refractivity contribution in [1.82, 2.24) is 4.72 Å². The number of alkyl halides is 2. The van der Waals surface area contributed by atoms with Crippen LogP contribution in [0.5, 0.6) is 5.75 Å². The molecule has 3 nitrogen and oxygen atoms in total. The fourth-order valence-electron chi connectivity index (χ4n) is 2.29. The summed E-state index contributed by atoms with van der Waals surface area (Å²) >= 11 is -1.29. The predicted octanol–water partition coefficient (Wildman–Crippen LogP) is 3.47. The average Bonchev–Trinajstić information content (AvgIpc) is 2.75. The number of nitrogens with one attached hydrogen (secondary N) is 1. The molecule has 2 atom stereocenters. The zero-order chi connectivity index (χ0) is 15.8. The minimum Gasteiger partial charge on any atom is -0.598 e. The van der Waals surface area contributed by atoms with Gasteiger partial charge in [-0.05, 0) is 45.2 Å². The van der Waals surface area contributed by atoms with Crippen LogP contribution in [0.3, 0.4) is 0 Å². The van der Waals surface area contributed by atoms with Gasteiger partial charge in [-0.3, -0.25) is 0 Å². The molecule has 7 heteroatoms. The Morgan fingerprint density at radius 3 is 2.62 bits per heavy atom. The summed E-state index contributed by atoms with van der Waals surface area (Å²) in [6, 6.07) is 2.39. The number of fused-ring (bicyclic) bond motifs is 1. The van der Waals surface area contributed by atoms with E-state index in [4.69, 9.17) is 0 Å². The number of ether oxygens (including phenoxy) is 1. The second kappa shape index (κ2) is 6.06. The molecule has 0 aliphatic heterocycles. The van der Waals surface area contributed by atoms with E-state index in [1.165, 1.54) is 6.07 Å². The summed E-state index contributed by atoms with van der Waals surface area (Å²) in [7, 11) is 0. The molecule has 2 rings (SSSR count). The number of benzene rings is 1. The summed E-state index contributed by atoms with van der Waals surface area (Å²) < 4.78 is 57.4. The third-order valence-electron chi connectivity index (χ3n) is 3.32.